The van der Waals surface area contributed by atoms with E-state index in [9.17, 15) is 4.79 Å². The van der Waals surface area contributed by atoms with E-state index in [0.717, 1.165) is 17.2 Å². The van der Waals surface area contributed by atoms with E-state index in [1.165, 1.54) is 11.1 Å². The first kappa shape index (κ1) is 20.2. The number of nitrogens with zero attached hydrogens (tertiary/aromatic N) is 1. The molecule has 1 aromatic heterocycles. The lowest BCUT2D eigenvalue weighted by Gasteiger charge is -2.10. The van der Waals surface area contributed by atoms with Gasteiger partial charge in [-0.1, -0.05) is 6.07 Å². The molecule has 150 valence electrons. The average Bonchev–Trinajstić information content (AvgIpc) is 2.74. The largest absolute Gasteiger partial charge is 0.497 e. The molecule has 0 radical (unpaired) electrons. The molecule has 2 N–H and O–H groups in total. The van der Waals surface area contributed by atoms with Gasteiger partial charge in [0.2, 0.25) is 0 Å². The third-order valence-corrected chi connectivity index (χ3v) is 4.52. The fraction of sp³-hybridized carbons (Fsp3) is 0.217. The van der Waals surface area contributed by atoms with E-state index >= 15 is 0 Å². The van der Waals surface area contributed by atoms with Crippen LogP contribution in [-0.2, 0) is 0 Å². The number of carbonyl (C=O) groups excluding carboxylic acids is 1. The average molecular weight is 391 g/mol. The number of pyridine rings is 1. The van der Waals surface area contributed by atoms with E-state index in [1.807, 2.05) is 30.3 Å². The van der Waals surface area contributed by atoms with Gasteiger partial charge in [-0.15, -0.1) is 0 Å². The second kappa shape index (κ2) is 9.59. The van der Waals surface area contributed by atoms with Gasteiger partial charge in [-0.3, -0.25) is 4.79 Å². The fourth-order valence-electron chi connectivity index (χ4n) is 2.71. The highest BCUT2D eigenvalue weighted by Gasteiger charge is 2.07. The molecule has 3 aromatic rings. The Hall–Kier alpha value is -3.54. The topological polar surface area (TPSA) is 72.5 Å². The van der Waals surface area contributed by atoms with Crippen LogP contribution in [0.15, 0.2) is 60.8 Å². The van der Waals surface area contributed by atoms with Gasteiger partial charge in [-0.05, 0) is 73.5 Å². The highest BCUT2D eigenvalue weighted by molar-refractivity contribution is 5.94. The van der Waals surface area contributed by atoms with Crippen LogP contribution in [0, 0.1) is 13.8 Å². The third kappa shape index (κ3) is 5.72. The van der Waals surface area contributed by atoms with Crippen molar-refractivity contribution >= 4 is 17.4 Å². The zero-order chi connectivity index (χ0) is 20.6. The van der Waals surface area contributed by atoms with E-state index in [1.54, 1.807) is 25.4 Å². The van der Waals surface area contributed by atoms with E-state index in [-0.39, 0.29) is 5.91 Å². The Kier molecular flexibility index (Phi) is 6.68. The predicted molar refractivity (Wildman–Crippen MR) is 114 cm³/mol. The minimum atomic E-state index is -0.172. The van der Waals surface area contributed by atoms with E-state index in [4.69, 9.17) is 9.47 Å². The zero-order valence-electron chi connectivity index (χ0n) is 16.9. The number of aromatic nitrogens is 1. The number of ether oxygens (including phenoxy) is 2. The number of anilines is 2. The minimum absolute atomic E-state index is 0.172. The second-order valence-electron chi connectivity index (χ2n) is 6.63. The Morgan fingerprint density at radius 1 is 0.966 bits per heavy atom. The summed E-state index contributed by atoms with van der Waals surface area (Å²) in [6.07, 6.45) is 1.62. The molecular weight excluding hydrogens is 366 g/mol. The maximum Gasteiger partial charge on any atom is 0.251 e. The Balaban J connectivity index is 1.51. The monoisotopic (exact) mass is 391 g/mol. The molecule has 29 heavy (non-hydrogen) atoms. The quantitative estimate of drug-likeness (QED) is 0.562. The molecule has 0 saturated carbocycles. The molecule has 1 heterocycles. The van der Waals surface area contributed by atoms with Crippen molar-refractivity contribution in [2.45, 2.75) is 13.8 Å². The number of carbonyl (C=O) groups is 1. The van der Waals surface area contributed by atoms with Crippen LogP contribution in [0.5, 0.6) is 11.5 Å². The molecule has 0 atom stereocenters. The van der Waals surface area contributed by atoms with E-state index in [2.05, 4.69) is 41.6 Å². The van der Waals surface area contributed by atoms with E-state index < -0.39 is 0 Å². The first-order valence-electron chi connectivity index (χ1n) is 9.40. The van der Waals surface area contributed by atoms with Crippen LogP contribution < -0.4 is 20.1 Å². The van der Waals surface area contributed by atoms with Crippen LogP contribution in [0.25, 0.3) is 0 Å². The van der Waals surface area contributed by atoms with Crippen molar-refractivity contribution < 1.29 is 14.3 Å². The Morgan fingerprint density at radius 3 is 2.45 bits per heavy atom. The van der Waals surface area contributed by atoms with Gasteiger partial charge < -0.3 is 20.1 Å². The SMILES string of the molecule is COc1ccc(OCCNC(=O)c2ccnc(Nc3ccc(C)c(C)c3)c2)cc1. The number of amides is 1. The summed E-state index contributed by atoms with van der Waals surface area (Å²) in [5.74, 6) is 1.95. The van der Waals surface area contributed by atoms with Crippen molar-refractivity contribution in [3.63, 3.8) is 0 Å². The molecule has 6 nitrogen and oxygen atoms in total. The van der Waals surface area contributed by atoms with Crippen LogP contribution in [-0.4, -0.2) is 31.2 Å². The molecule has 6 heteroatoms. The minimum Gasteiger partial charge on any atom is -0.497 e. The van der Waals surface area contributed by atoms with Gasteiger partial charge in [-0.25, -0.2) is 4.98 Å². The van der Waals surface area contributed by atoms with Crippen LogP contribution in [0.2, 0.25) is 0 Å². The van der Waals surface area contributed by atoms with Crippen molar-refractivity contribution in [3.8, 4) is 11.5 Å². The van der Waals surface area contributed by atoms with Gasteiger partial charge in [0.25, 0.3) is 5.91 Å². The molecule has 1 amide bonds. The molecule has 0 unspecified atom stereocenters. The number of hydrogen-bond acceptors (Lipinski definition) is 5. The lowest BCUT2D eigenvalue weighted by atomic mass is 10.1. The number of benzene rings is 2. The summed E-state index contributed by atoms with van der Waals surface area (Å²) >= 11 is 0. The Bertz CT molecular complexity index is 971. The molecule has 0 aliphatic rings. The molecule has 0 saturated heterocycles. The van der Waals surface area contributed by atoms with Gasteiger partial charge in [0, 0.05) is 17.4 Å². The zero-order valence-corrected chi connectivity index (χ0v) is 16.9. The molecule has 0 aliphatic carbocycles. The third-order valence-electron chi connectivity index (χ3n) is 4.52. The number of methoxy groups -OCH3 is 1. The fourth-order valence-corrected chi connectivity index (χ4v) is 2.71. The van der Waals surface area contributed by atoms with Crippen molar-refractivity contribution in [2.75, 3.05) is 25.6 Å². The summed E-state index contributed by atoms with van der Waals surface area (Å²) in [6.45, 7) is 4.90. The van der Waals surface area contributed by atoms with Gasteiger partial charge in [-0.2, -0.15) is 0 Å². The van der Waals surface area contributed by atoms with Gasteiger partial charge in [0.1, 0.15) is 23.9 Å². The van der Waals surface area contributed by atoms with Crippen LogP contribution >= 0.6 is 0 Å². The molecule has 0 fully saturated rings. The summed E-state index contributed by atoms with van der Waals surface area (Å²) < 4.78 is 10.7. The molecule has 2 aromatic carbocycles. The second-order valence-corrected chi connectivity index (χ2v) is 6.63. The van der Waals surface area contributed by atoms with Crippen molar-refractivity contribution in [1.82, 2.24) is 10.3 Å². The van der Waals surface area contributed by atoms with Crippen LogP contribution in [0.3, 0.4) is 0 Å². The molecule has 0 bridgehead atoms. The van der Waals surface area contributed by atoms with Gasteiger partial charge in [0.05, 0.1) is 13.7 Å². The first-order valence-corrected chi connectivity index (χ1v) is 9.40. The molecule has 0 spiro atoms. The highest BCUT2D eigenvalue weighted by atomic mass is 16.5. The number of nitrogens with one attached hydrogen (secondary N) is 2. The lowest BCUT2D eigenvalue weighted by molar-refractivity contribution is 0.0947. The van der Waals surface area contributed by atoms with E-state index in [0.29, 0.717) is 24.5 Å². The standard InChI is InChI=1S/C23H25N3O3/c1-16-4-5-19(14-17(16)2)26-22-15-18(10-11-24-22)23(27)25-12-13-29-21-8-6-20(28-3)7-9-21/h4-11,14-15H,12-13H2,1-3H3,(H,24,26)(H,25,27). The summed E-state index contributed by atoms with van der Waals surface area (Å²) in [7, 11) is 1.62. The van der Waals surface area contributed by atoms with Gasteiger partial charge >= 0.3 is 0 Å². The summed E-state index contributed by atoms with van der Waals surface area (Å²) in [5, 5.41) is 6.09. The summed E-state index contributed by atoms with van der Waals surface area (Å²) in [4.78, 5) is 16.7. The van der Waals surface area contributed by atoms with Gasteiger partial charge in [0.15, 0.2) is 0 Å². The Labute approximate surface area is 170 Å². The highest BCUT2D eigenvalue weighted by Crippen LogP contribution is 2.19. The summed E-state index contributed by atoms with van der Waals surface area (Å²) in [6, 6.07) is 16.8. The maximum absolute atomic E-state index is 12.4. The number of aryl methyl sites for hydroxylation is 2. The molecule has 3 rings (SSSR count). The van der Waals surface area contributed by atoms with Crippen molar-refractivity contribution in [2.24, 2.45) is 0 Å². The number of hydrogen-bond donors (Lipinski definition) is 2. The predicted octanol–water partition coefficient (Wildman–Crippen LogP) is 4.26. The normalized spacial score (nSPS) is 10.3. The Morgan fingerprint density at radius 2 is 1.72 bits per heavy atom. The molecular formula is C23H25N3O3. The van der Waals surface area contributed by atoms with Crippen LogP contribution in [0.1, 0.15) is 21.5 Å². The lowest BCUT2D eigenvalue weighted by Crippen LogP contribution is -2.28. The maximum atomic E-state index is 12.4. The number of rotatable bonds is 8. The van der Waals surface area contributed by atoms with Crippen molar-refractivity contribution in [3.05, 3.63) is 77.5 Å². The summed E-state index contributed by atoms with van der Waals surface area (Å²) in [5.41, 5.74) is 3.90. The van der Waals surface area contributed by atoms with Crippen LogP contribution in [0.4, 0.5) is 11.5 Å². The van der Waals surface area contributed by atoms with Crippen molar-refractivity contribution in [1.29, 1.82) is 0 Å². The molecule has 0 aliphatic heterocycles. The first-order chi connectivity index (χ1) is 14.0. The smallest absolute Gasteiger partial charge is 0.251 e.